The smallest absolute Gasteiger partial charge is 0.296 e. The van der Waals surface area contributed by atoms with Crippen molar-refractivity contribution in [2.75, 3.05) is 0 Å². The summed E-state index contributed by atoms with van der Waals surface area (Å²) in [5.41, 5.74) is 1.62. The van der Waals surface area contributed by atoms with Gasteiger partial charge in [-0.05, 0) is 34.7 Å². The third kappa shape index (κ3) is 1.43. The first-order valence-electron chi connectivity index (χ1n) is 4.43. The molecule has 0 atom stereocenters. The molecule has 0 aliphatic carbocycles. The van der Waals surface area contributed by atoms with Gasteiger partial charge in [-0.25, -0.2) is 9.78 Å². The van der Waals surface area contributed by atoms with Gasteiger partial charge in [-0.1, -0.05) is 5.16 Å². The fourth-order valence-electron chi connectivity index (χ4n) is 1.45. The zero-order valence-corrected chi connectivity index (χ0v) is 10.0. The molecule has 1 N–H and O–H groups in total. The van der Waals surface area contributed by atoms with E-state index in [0.717, 1.165) is 14.9 Å². The first kappa shape index (κ1) is 9.58. The molecule has 3 heterocycles. The van der Waals surface area contributed by atoms with Gasteiger partial charge in [0.05, 0.1) is 6.20 Å². The third-order valence-corrected chi connectivity index (χ3v) is 2.97. The summed E-state index contributed by atoms with van der Waals surface area (Å²) in [5.74, 6) is -0.146. The van der Waals surface area contributed by atoms with Crippen molar-refractivity contribution in [2.24, 2.45) is 0 Å². The first-order valence-corrected chi connectivity index (χ1v) is 5.51. The normalized spacial score (nSPS) is 11.1. The van der Waals surface area contributed by atoms with Gasteiger partial charge in [-0.2, -0.15) is 0 Å². The van der Waals surface area contributed by atoms with Gasteiger partial charge in [0, 0.05) is 11.8 Å². The van der Waals surface area contributed by atoms with Crippen molar-refractivity contribution in [3.63, 3.8) is 0 Å². The van der Waals surface area contributed by atoms with Crippen molar-refractivity contribution in [1.82, 2.24) is 19.5 Å². The molecule has 0 saturated heterocycles. The third-order valence-electron chi connectivity index (χ3n) is 2.17. The van der Waals surface area contributed by atoms with Crippen molar-refractivity contribution in [3.8, 4) is 11.4 Å². The number of aromatic amines is 1. The van der Waals surface area contributed by atoms with Crippen LogP contribution in [0.5, 0.6) is 0 Å². The fraction of sp³-hybridized carbons (Fsp3) is 0. The van der Waals surface area contributed by atoms with Crippen LogP contribution in [0.25, 0.3) is 17.0 Å². The number of hydrogen-bond donors (Lipinski definition) is 1. The lowest BCUT2D eigenvalue weighted by Crippen LogP contribution is -1.95. The number of nitrogens with zero attached hydrogens (tertiary/aromatic N) is 3. The van der Waals surface area contributed by atoms with Gasteiger partial charge in [0.2, 0.25) is 0 Å². The molecule has 80 valence electrons. The molecule has 3 aromatic rings. The molecule has 3 rings (SSSR count). The quantitative estimate of drug-likeness (QED) is 0.683. The van der Waals surface area contributed by atoms with E-state index in [1.54, 1.807) is 6.20 Å². The summed E-state index contributed by atoms with van der Waals surface area (Å²) in [6.45, 7) is 0. The van der Waals surface area contributed by atoms with E-state index in [9.17, 15) is 4.79 Å². The van der Waals surface area contributed by atoms with Crippen LogP contribution in [0.1, 0.15) is 0 Å². The maximum Gasteiger partial charge on any atom is 0.439 e. The largest absolute Gasteiger partial charge is 0.439 e. The Morgan fingerprint density at radius 3 is 3.06 bits per heavy atom. The molecule has 3 aromatic heterocycles. The Hall–Kier alpha value is -1.64. The lowest BCUT2D eigenvalue weighted by molar-refractivity contribution is 0.388. The van der Waals surface area contributed by atoms with E-state index < -0.39 is 5.76 Å². The Kier molecular flexibility index (Phi) is 2.06. The lowest BCUT2D eigenvalue weighted by Gasteiger charge is -1.98. The van der Waals surface area contributed by atoms with Gasteiger partial charge in [-0.3, -0.25) is 13.9 Å². The van der Waals surface area contributed by atoms with Crippen LogP contribution in [0.2, 0.25) is 0 Å². The summed E-state index contributed by atoms with van der Waals surface area (Å²) < 4.78 is 7.35. The van der Waals surface area contributed by atoms with E-state index in [-0.39, 0.29) is 0 Å². The van der Waals surface area contributed by atoms with Crippen LogP contribution >= 0.6 is 22.6 Å². The zero-order valence-electron chi connectivity index (χ0n) is 7.85. The molecule has 0 spiro atoms. The van der Waals surface area contributed by atoms with Gasteiger partial charge in [0.15, 0.2) is 5.82 Å². The Bertz CT molecular complexity index is 711. The maximum atomic E-state index is 10.8. The van der Waals surface area contributed by atoms with E-state index in [2.05, 4.69) is 42.2 Å². The number of H-pyrrole nitrogens is 1. The predicted octanol–water partition coefficient (Wildman–Crippen LogP) is 1.28. The van der Waals surface area contributed by atoms with E-state index >= 15 is 0 Å². The highest BCUT2D eigenvalue weighted by molar-refractivity contribution is 14.1. The number of rotatable bonds is 1. The summed E-state index contributed by atoms with van der Waals surface area (Å²) in [7, 11) is 0. The van der Waals surface area contributed by atoms with Crippen LogP contribution in [-0.2, 0) is 0 Å². The number of nitrogens with one attached hydrogen (secondary N) is 1. The van der Waals surface area contributed by atoms with Gasteiger partial charge < -0.3 is 0 Å². The standard InChI is InChI=1S/C9H5IN4O2/c10-6-3-11-7-2-1-5(4-14(6)7)8-12-9(15)16-13-8/h1-4H,(H,12,13,15). The van der Waals surface area contributed by atoms with Crippen LogP contribution in [0, 0.1) is 3.70 Å². The summed E-state index contributed by atoms with van der Waals surface area (Å²) >= 11 is 2.18. The molecule has 7 heteroatoms. The van der Waals surface area contributed by atoms with Crippen LogP contribution in [0.4, 0.5) is 0 Å². The molecule has 0 aliphatic heterocycles. The SMILES string of the molecule is O=c1[nH]c(-c2ccc3ncc(I)n3c2)no1. The van der Waals surface area contributed by atoms with Gasteiger partial charge in [0.25, 0.3) is 0 Å². The summed E-state index contributed by atoms with van der Waals surface area (Å²) in [6, 6.07) is 3.68. The number of pyridine rings is 1. The fourth-order valence-corrected chi connectivity index (χ4v) is 1.97. The molecule has 6 nitrogen and oxygen atoms in total. The van der Waals surface area contributed by atoms with Crippen LogP contribution in [-0.4, -0.2) is 19.5 Å². The lowest BCUT2D eigenvalue weighted by atomic mass is 10.3. The summed E-state index contributed by atoms with van der Waals surface area (Å²) in [6.07, 6.45) is 3.61. The molecular weight excluding hydrogens is 323 g/mol. The van der Waals surface area contributed by atoms with Crippen LogP contribution in [0.15, 0.2) is 33.8 Å². The molecule has 16 heavy (non-hydrogen) atoms. The second-order valence-corrected chi connectivity index (χ2v) is 4.28. The maximum absolute atomic E-state index is 10.8. The Balaban J connectivity index is 2.24. The molecule has 0 aromatic carbocycles. The molecule has 0 saturated carbocycles. The highest BCUT2D eigenvalue weighted by Crippen LogP contribution is 2.16. The minimum Gasteiger partial charge on any atom is -0.296 e. The van der Waals surface area contributed by atoms with Gasteiger partial charge >= 0.3 is 5.76 Å². The van der Waals surface area contributed by atoms with Gasteiger partial charge in [-0.15, -0.1) is 0 Å². The first-order chi connectivity index (χ1) is 7.74. The molecular formula is C9H5IN4O2. The number of hydrogen-bond acceptors (Lipinski definition) is 4. The van der Waals surface area contributed by atoms with E-state index in [4.69, 9.17) is 0 Å². The molecule has 0 fully saturated rings. The van der Waals surface area contributed by atoms with Crippen molar-refractivity contribution in [3.05, 3.63) is 38.8 Å². The highest BCUT2D eigenvalue weighted by atomic mass is 127. The molecule has 0 radical (unpaired) electrons. The number of aromatic nitrogens is 4. The van der Waals surface area contributed by atoms with Crippen molar-refractivity contribution < 1.29 is 4.52 Å². The van der Waals surface area contributed by atoms with Crippen molar-refractivity contribution in [1.29, 1.82) is 0 Å². The summed E-state index contributed by atoms with van der Waals surface area (Å²) in [4.78, 5) is 17.5. The summed E-state index contributed by atoms with van der Waals surface area (Å²) in [5, 5.41) is 3.63. The van der Waals surface area contributed by atoms with E-state index in [1.807, 2.05) is 22.7 Å². The average molecular weight is 328 g/mol. The van der Waals surface area contributed by atoms with Crippen molar-refractivity contribution >= 4 is 28.2 Å². The van der Waals surface area contributed by atoms with Crippen LogP contribution < -0.4 is 5.76 Å². The number of imidazole rings is 1. The second-order valence-electron chi connectivity index (χ2n) is 3.17. The number of halogens is 1. The van der Waals surface area contributed by atoms with E-state index in [1.165, 1.54) is 0 Å². The molecule has 0 unspecified atom stereocenters. The minimum absolute atomic E-state index is 0.413. The predicted molar refractivity (Wildman–Crippen MR) is 64.0 cm³/mol. The van der Waals surface area contributed by atoms with Crippen LogP contribution in [0.3, 0.4) is 0 Å². The Morgan fingerprint density at radius 1 is 1.44 bits per heavy atom. The van der Waals surface area contributed by atoms with E-state index in [0.29, 0.717) is 5.82 Å². The zero-order chi connectivity index (χ0) is 11.1. The topological polar surface area (TPSA) is 76.2 Å². The molecule has 0 amide bonds. The number of fused-ring (bicyclic) bond motifs is 1. The molecule has 0 aliphatic rings. The Morgan fingerprint density at radius 2 is 2.31 bits per heavy atom. The molecule has 0 bridgehead atoms. The average Bonchev–Trinajstić information content (AvgIpc) is 2.86. The van der Waals surface area contributed by atoms with Gasteiger partial charge in [0.1, 0.15) is 9.35 Å². The van der Waals surface area contributed by atoms with Crippen molar-refractivity contribution in [2.45, 2.75) is 0 Å². The Labute approximate surface area is 102 Å². The monoisotopic (exact) mass is 328 g/mol. The second kappa shape index (κ2) is 3.44. The minimum atomic E-state index is -0.560. The highest BCUT2D eigenvalue weighted by Gasteiger charge is 2.06.